The molecule has 1 aromatic rings. The standard InChI is InChI=1S/C13H19NS/c1-10-3-4-12(11(2)7-10)8-14-13-5-6-15-9-13/h3-4,7,13-14H,5-6,8-9H2,1-2H3. The minimum absolute atomic E-state index is 0.732. The summed E-state index contributed by atoms with van der Waals surface area (Å²) >= 11 is 2.06. The summed E-state index contributed by atoms with van der Waals surface area (Å²) in [5, 5.41) is 3.64. The third-order valence-corrected chi connectivity index (χ3v) is 4.17. The fraction of sp³-hybridized carbons (Fsp3) is 0.538. The predicted octanol–water partition coefficient (Wildman–Crippen LogP) is 2.90. The Kier molecular flexibility index (Phi) is 3.71. The van der Waals surface area contributed by atoms with Crippen molar-refractivity contribution < 1.29 is 0 Å². The molecule has 0 aliphatic carbocycles. The highest BCUT2D eigenvalue weighted by Crippen LogP contribution is 2.18. The van der Waals surface area contributed by atoms with Crippen molar-refractivity contribution in [2.45, 2.75) is 32.9 Å². The fourth-order valence-electron chi connectivity index (χ4n) is 1.99. The second-order valence-corrected chi connectivity index (χ2v) is 5.52. The third-order valence-electron chi connectivity index (χ3n) is 3.01. The van der Waals surface area contributed by atoms with Crippen LogP contribution in [-0.4, -0.2) is 17.5 Å². The van der Waals surface area contributed by atoms with Crippen LogP contribution < -0.4 is 5.32 Å². The number of hydrogen-bond donors (Lipinski definition) is 1. The maximum atomic E-state index is 3.64. The number of nitrogens with one attached hydrogen (secondary N) is 1. The lowest BCUT2D eigenvalue weighted by Gasteiger charge is -2.13. The lowest BCUT2D eigenvalue weighted by molar-refractivity contribution is 0.557. The van der Waals surface area contributed by atoms with Gasteiger partial charge in [0, 0.05) is 18.3 Å². The normalized spacial score (nSPS) is 20.8. The molecule has 1 unspecified atom stereocenters. The highest BCUT2D eigenvalue weighted by atomic mass is 32.2. The van der Waals surface area contributed by atoms with E-state index < -0.39 is 0 Å². The first kappa shape index (κ1) is 11.0. The van der Waals surface area contributed by atoms with E-state index in [0.29, 0.717) is 0 Å². The van der Waals surface area contributed by atoms with Gasteiger partial charge in [0.05, 0.1) is 0 Å². The molecule has 2 rings (SSSR count). The molecule has 0 aromatic heterocycles. The van der Waals surface area contributed by atoms with Crippen molar-refractivity contribution in [3.05, 3.63) is 34.9 Å². The van der Waals surface area contributed by atoms with Crippen LogP contribution in [0.15, 0.2) is 18.2 Å². The molecular formula is C13H19NS. The van der Waals surface area contributed by atoms with Gasteiger partial charge in [-0.15, -0.1) is 0 Å². The predicted molar refractivity (Wildman–Crippen MR) is 68.5 cm³/mol. The molecule has 1 N–H and O–H groups in total. The van der Waals surface area contributed by atoms with Crippen molar-refractivity contribution in [1.82, 2.24) is 5.32 Å². The Bertz CT molecular complexity index is 329. The van der Waals surface area contributed by atoms with E-state index in [1.165, 1.54) is 34.6 Å². The van der Waals surface area contributed by atoms with E-state index in [9.17, 15) is 0 Å². The van der Waals surface area contributed by atoms with E-state index >= 15 is 0 Å². The number of hydrogen-bond acceptors (Lipinski definition) is 2. The van der Waals surface area contributed by atoms with Gasteiger partial charge in [-0.25, -0.2) is 0 Å². The smallest absolute Gasteiger partial charge is 0.0211 e. The van der Waals surface area contributed by atoms with Crippen LogP contribution in [0.1, 0.15) is 23.1 Å². The highest BCUT2D eigenvalue weighted by molar-refractivity contribution is 7.99. The number of aryl methyl sites for hydroxylation is 2. The molecule has 1 heterocycles. The first-order chi connectivity index (χ1) is 7.25. The molecule has 0 bridgehead atoms. The molecule has 82 valence electrons. The zero-order valence-corrected chi connectivity index (χ0v) is 10.4. The zero-order valence-electron chi connectivity index (χ0n) is 9.55. The number of benzene rings is 1. The largest absolute Gasteiger partial charge is 0.309 e. The fourth-order valence-corrected chi connectivity index (χ4v) is 3.18. The lowest BCUT2D eigenvalue weighted by Crippen LogP contribution is -2.28. The first-order valence-corrected chi connectivity index (χ1v) is 6.78. The van der Waals surface area contributed by atoms with Gasteiger partial charge in [0.25, 0.3) is 0 Å². The van der Waals surface area contributed by atoms with Crippen molar-refractivity contribution in [3.63, 3.8) is 0 Å². The molecule has 0 saturated carbocycles. The van der Waals surface area contributed by atoms with Crippen molar-refractivity contribution in [1.29, 1.82) is 0 Å². The maximum absolute atomic E-state index is 3.64. The van der Waals surface area contributed by atoms with E-state index in [-0.39, 0.29) is 0 Å². The van der Waals surface area contributed by atoms with Crippen LogP contribution in [0.5, 0.6) is 0 Å². The van der Waals surface area contributed by atoms with Crippen molar-refractivity contribution in [3.8, 4) is 0 Å². The summed E-state index contributed by atoms with van der Waals surface area (Å²) in [5.41, 5.74) is 4.21. The van der Waals surface area contributed by atoms with Gasteiger partial charge in [0.1, 0.15) is 0 Å². The van der Waals surface area contributed by atoms with Crippen LogP contribution >= 0.6 is 11.8 Å². The minimum atomic E-state index is 0.732. The molecular weight excluding hydrogens is 202 g/mol. The maximum Gasteiger partial charge on any atom is 0.0211 e. The molecule has 0 radical (unpaired) electrons. The minimum Gasteiger partial charge on any atom is -0.309 e. The van der Waals surface area contributed by atoms with Crippen LogP contribution in [0, 0.1) is 13.8 Å². The van der Waals surface area contributed by atoms with Crippen molar-refractivity contribution >= 4 is 11.8 Å². The summed E-state index contributed by atoms with van der Waals surface area (Å²) in [6, 6.07) is 7.45. The van der Waals surface area contributed by atoms with E-state index in [2.05, 4.69) is 49.1 Å². The molecule has 1 atom stereocenters. The Morgan fingerprint density at radius 2 is 2.27 bits per heavy atom. The van der Waals surface area contributed by atoms with E-state index in [1.54, 1.807) is 0 Å². The molecule has 15 heavy (non-hydrogen) atoms. The molecule has 1 fully saturated rings. The summed E-state index contributed by atoms with van der Waals surface area (Å²) in [7, 11) is 0. The van der Waals surface area contributed by atoms with E-state index in [4.69, 9.17) is 0 Å². The zero-order chi connectivity index (χ0) is 10.7. The Morgan fingerprint density at radius 3 is 2.93 bits per heavy atom. The van der Waals surface area contributed by atoms with Gasteiger partial charge in [-0.2, -0.15) is 11.8 Å². The molecule has 1 saturated heterocycles. The summed E-state index contributed by atoms with van der Waals surface area (Å²) < 4.78 is 0. The van der Waals surface area contributed by atoms with Gasteiger partial charge in [0.15, 0.2) is 0 Å². The second kappa shape index (κ2) is 5.04. The summed E-state index contributed by atoms with van der Waals surface area (Å²) in [5.74, 6) is 2.61. The van der Waals surface area contributed by atoms with Crippen LogP contribution in [0.4, 0.5) is 0 Å². The summed E-state index contributed by atoms with van der Waals surface area (Å²) in [6.45, 7) is 5.38. The summed E-state index contributed by atoms with van der Waals surface area (Å²) in [6.07, 6.45) is 1.33. The average molecular weight is 221 g/mol. The Morgan fingerprint density at radius 1 is 1.40 bits per heavy atom. The van der Waals surface area contributed by atoms with E-state index in [0.717, 1.165) is 12.6 Å². The number of rotatable bonds is 3. The van der Waals surface area contributed by atoms with Crippen LogP contribution in [-0.2, 0) is 6.54 Å². The van der Waals surface area contributed by atoms with Gasteiger partial charge < -0.3 is 5.32 Å². The van der Waals surface area contributed by atoms with Crippen molar-refractivity contribution in [2.75, 3.05) is 11.5 Å². The first-order valence-electron chi connectivity index (χ1n) is 5.63. The molecule has 0 amide bonds. The number of thioether (sulfide) groups is 1. The van der Waals surface area contributed by atoms with Gasteiger partial charge in [-0.05, 0) is 37.1 Å². The third kappa shape index (κ3) is 2.99. The molecule has 1 aromatic carbocycles. The van der Waals surface area contributed by atoms with Crippen LogP contribution in [0.25, 0.3) is 0 Å². The lowest BCUT2D eigenvalue weighted by atomic mass is 10.1. The van der Waals surface area contributed by atoms with Crippen LogP contribution in [0.2, 0.25) is 0 Å². The molecule has 2 heteroatoms. The quantitative estimate of drug-likeness (QED) is 0.842. The van der Waals surface area contributed by atoms with Crippen molar-refractivity contribution in [2.24, 2.45) is 0 Å². The molecule has 0 spiro atoms. The molecule has 1 aliphatic rings. The van der Waals surface area contributed by atoms with Gasteiger partial charge in [-0.3, -0.25) is 0 Å². The molecule has 1 nitrogen and oxygen atoms in total. The van der Waals surface area contributed by atoms with Gasteiger partial charge >= 0.3 is 0 Å². The second-order valence-electron chi connectivity index (χ2n) is 4.37. The Hall–Kier alpha value is -0.470. The average Bonchev–Trinajstić information content (AvgIpc) is 2.69. The molecule has 1 aliphatic heterocycles. The van der Waals surface area contributed by atoms with Gasteiger partial charge in [0.2, 0.25) is 0 Å². The highest BCUT2D eigenvalue weighted by Gasteiger charge is 2.14. The Labute approximate surface area is 96.7 Å². The van der Waals surface area contributed by atoms with E-state index in [1.807, 2.05) is 0 Å². The Balaban J connectivity index is 1.92. The SMILES string of the molecule is Cc1ccc(CNC2CCSC2)c(C)c1. The summed E-state index contributed by atoms with van der Waals surface area (Å²) in [4.78, 5) is 0. The topological polar surface area (TPSA) is 12.0 Å². The van der Waals surface area contributed by atoms with Gasteiger partial charge in [-0.1, -0.05) is 23.8 Å². The van der Waals surface area contributed by atoms with Crippen LogP contribution in [0.3, 0.4) is 0 Å². The monoisotopic (exact) mass is 221 g/mol.